The Hall–Kier alpha value is -2.44. The van der Waals surface area contributed by atoms with Crippen molar-refractivity contribution in [1.29, 1.82) is 0 Å². The Bertz CT molecular complexity index is 632. The standard InChI is InChI=1S/C17H24N2O5/c1-16(2,3)24-15(21)19-17(8-9-17)14(20)18-12-7-6-11(22-4)10-13(12)23-5/h6-7,10H,8-9H2,1-5H3,(H,18,20)(H,19,21). The van der Waals surface area contributed by atoms with Crippen LogP contribution in [0.3, 0.4) is 0 Å². The van der Waals surface area contributed by atoms with Crippen molar-refractivity contribution in [1.82, 2.24) is 5.32 Å². The van der Waals surface area contributed by atoms with Crippen LogP contribution >= 0.6 is 0 Å². The number of nitrogens with one attached hydrogen (secondary N) is 2. The number of alkyl carbamates (subject to hydrolysis) is 1. The summed E-state index contributed by atoms with van der Waals surface area (Å²) in [5.41, 5.74) is -1.02. The number of methoxy groups -OCH3 is 2. The molecular weight excluding hydrogens is 312 g/mol. The fourth-order valence-corrected chi connectivity index (χ4v) is 2.18. The molecule has 2 N–H and O–H groups in total. The molecule has 0 atom stereocenters. The summed E-state index contributed by atoms with van der Waals surface area (Å²) in [6.07, 6.45) is 0.532. The van der Waals surface area contributed by atoms with Crippen molar-refractivity contribution < 1.29 is 23.8 Å². The van der Waals surface area contributed by atoms with Crippen LogP contribution in [0.25, 0.3) is 0 Å². The maximum absolute atomic E-state index is 12.6. The van der Waals surface area contributed by atoms with Crippen LogP contribution in [0, 0.1) is 0 Å². The van der Waals surface area contributed by atoms with Crippen LogP contribution in [-0.4, -0.2) is 37.4 Å². The minimum atomic E-state index is -0.923. The van der Waals surface area contributed by atoms with Crippen molar-refractivity contribution in [3.05, 3.63) is 18.2 Å². The van der Waals surface area contributed by atoms with Crippen molar-refractivity contribution >= 4 is 17.7 Å². The first kappa shape index (κ1) is 17.9. The Balaban J connectivity index is 2.05. The van der Waals surface area contributed by atoms with E-state index in [4.69, 9.17) is 14.2 Å². The number of carbonyl (C=O) groups is 2. The van der Waals surface area contributed by atoms with Crippen LogP contribution in [0.1, 0.15) is 33.6 Å². The topological polar surface area (TPSA) is 85.9 Å². The third-order valence-corrected chi connectivity index (χ3v) is 3.58. The lowest BCUT2D eigenvalue weighted by atomic mass is 10.2. The third kappa shape index (κ3) is 4.31. The van der Waals surface area contributed by atoms with Gasteiger partial charge in [-0.05, 0) is 45.7 Å². The van der Waals surface area contributed by atoms with Crippen molar-refractivity contribution in [2.45, 2.75) is 44.8 Å². The molecule has 132 valence electrons. The van der Waals surface area contributed by atoms with Gasteiger partial charge in [-0.1, -0.05) is 0 Å². The maximum Gasteiger partial charge on any atom is 0.408 e. The Kier molecular flexibility index (Phi) is 4.91. The average Bonchev–Trinajstić information content (AvgIpc) is 3.26. The van der Waals surface area contributed by atoms with Gasteiger partial charge in [-0.2, -0.15) is 0 Å². The molecule has 1 aliphatic carbocycles. The first-order chi connectivity index (χ1) is 11.2. The van der Waals surface area contributed by atoms with E-state index >= 15 is 0 Å². The summed E-state index contributed by atoms with van der Waals surface area (Å²) in [4.78, 5) is 24.5. The summed E-state index contributed by atoms with van der Waals surface area (Å²) < 4.78 is 15.6. The molecule has 0 spiro atoms. The molecule has 0 unspecified atom stereocenters. The summed E-state index contributed by atoms with van der Waals surface area (Å²) >= 11 is 0. The van der Waals surface area contributed by atoms with Gasteiger partial charge in [0.25, 0.3) is 0 Å². The van der Waals surface area contributed by atoms with Gasteiger partial charge < -0.3 is 24.8 Å². The number of carbonyl (C=O) groups excluding carboxylic acids is 2. The fraction of sp³-hybridized carbons (Fsp3) is 0.529. The van der Waals surface area contributed by atoms with Gasteiger partial charge in [-0.15, -0.1) is 0 Å². The van der Waals surface area contributed by atoms with Crippen LogP contribution < -0.4 is 20.1 Å². The van der Waals surface area contributed by atoms with E-state index in [0.29, 0.717) is 30.0 Å². The van der Waals surface area contributed by atoms with E-state index in [2.05, 4.69) is 10.6 Å². The predicted octanol–water partition coefficient (Wildman–Crippen LogP) is 2.70. The van der Waals surface area contributed by atoms with Gasteiger partial charge in [-0.25, -0.2) is 4.79 Å². The van der Waals surface area contributed by atoms with Gasteiger partial charge in [-0.3, -0.25) is 4.79 Å². The van der Waals surface area contributed by atoms with E-state index < -0.39 is 17.2 Å². The minimum absolute atomic E-state index is 0.295. The second kappa shape index (κ2) is 6.59. The molecule has 0 bridgehead atoms. The molecule has 1 saturated carbocycles. The molecular formula is C17H24N2O5. The first-order valence-corrected chi connectivity index (χ1v) is 7.74. The van der Waals surface area contributed by atoms with E-state index in [-0.39, 0.29) is 5.91 Å². The van der Waals surface area contributed by atoms with Crippen molar-refractivity contribution in [3.63, 3.8) is 0 Å². The lowest BCUT2D eigenvalue weighted by molar-refractivity contribution is -0.119. The van der Waals surface area contributed by atoms with Gasteiger partial charge in [0.15, 0.2) is 0 Å². The SMILES string of the molecule is COc1ccc(NC(=O)C2(NC(=O)OC(C)(C)C)CC2)c(OC)c1. The molecule has 0 heterocycles. The maximum atomic E-state index is 12.6. The summed E-state index contributed by atoms with van der Waals surface area (Å²) in [6.45, 7) is 5.32. The lowest BCUT2D eigenvalue weighted by Crippen LogP contribution is -2.47. The Morgan fingerprint density at radius 3 is 2.29 bits per heavy atom. The normalized spacial score (nSPS) is 15.2. The molecule has 7 heteroatoms. The van der Waals surface area contributed by atoms with Crippen molar-refractivity contribution in [2.75, 3.05) is 19.5 Å². The van der Waals surface area contributed by atoms with E-state index in [0.717, 1.165) is 0 Å². The molecule has 7 nitrogen and oxygen atoms in total. The molecule has 2 rings (SSSR count). The number of hydrogen-bond donors (Lipinski definition) is 2. The summed E-state index contributed by atoms with van der Waals surface area (Å²) in [6, 6.07) is 5.09. The molecule has 2 amide bonds. The summed E-state index contributed by atoms with van der Waals surface area (Å²) in [5.74, 6) is 0.811. The molecule has 0 radical (unpaired) electrons. The van der Waals surface area contributed by atoms with Crippen LogP contribution in [0.2, 0.25) is 0 Å². The highest BCUT2D eigenvalue weighted by molar-refractivity contribution is 6.03. The number of anilines is 1. The zero-order chi connectivity index (χ0) is 18.0. The fourth-order valence-electron chi connectivity index (χ4n) is 2.18. The van der Waals surface area contributed by atoms with E-state index in [1.807, 2.05) is 0 Å². The second-order valence-corrected chi connectivity index (χ2v) is 6.73. The van der Waals surface area contributed by atoms with Crippen LogP contribution in [0.5, 0.6) is 11.5 Å². The number of benzene rings is 1. The molecule has 1 fully saturated rings. The first-order valence-electron chi connectivity index (χ1n) is 7.74. The monoisotopic (exact) mass is 336 g/mol. The van der Waals surface area contributed by atoms with E-state index in [1.54, 1.807) is 46.1 Å². The van der Waals surface area contributed by atoms with Crippen molar-refractivity contribution in [2.24, 2.45) is 0 Å². The Morgan fingerprint density at radius 2 is 1.79 bits per heavy atom. The van der Waals surface area contributed by atoms with Crippen LogP contribution in [-0.2, 0) is 9.53 Å². The van der Waals surface area contributed by atoms with Crippen LogP contribution in [0.15, 0.2) is 18.2 Å². The van der Waals surface area contributed by atoms with E-state index in [1.165, 1.54) is 7.11 Å². The molecule has 0 aliphatic heterocycles. The molecule has 1 aromatic carbocycles. The highest BCUT2D eigenvalue weighted by atomic mass is 16.6. The third-order valence-electron chi connectivity index (χ3n) is 3.58. The zero-order valence-electron chi connectivity index (χ0n) is 14.7. The minimum Gasteiger partial charge on any atom is -0.497 e. The largest absolute Gasteiger partial charge is 0.497 e. The predicted molar refractivity (Wildman–Crippen MR) is 89.5 cm³/mol. The molecule has 1 aromatic rings. The number of ether oxygens (including phenoxy) is 3. The van der Waals surface area contributed by atoms with Gasteiger partial charge in [0.2, 0.25) is 5.91 Å². The highest BCUT2D eigenvalue weighted by Crippen LogP contribution is 2.38. The molecule has 1 aliphatic rings. The van der Waals surface area contributed by atoms with E-state index in [9.17, 15) is 9.59 Å². The smallest absolute Gasteiger partial charge is 0.408 e. The second-order valence-electron chi connectivity index (χ2n) is 6.73. The molecule has 24 heavy (non-hydrogen) atoms. The summed E-state index contributed by atoms with van der Waals surface area (Å²) in [5, 5.41) is 5.46. The number of hydrogen-bond acceptors (Lipinski definition) is 5. The van der Waals surface area contributed by atoms with Crippen LogP contribution in [0.4, 0.5) is 10.5 Å². The van der Waals surface area contributed by atoms with Crippen molar-refractivity contribution in [3.8, 4) is 11.5 Å². The number of amides is 2. The van der Waals surface area contributed by atoms with Gasteiger partial charge in [0.1, 0.15) is 22.6 Å². The lowest BCUT2D eigenvalue weighted by Gasteiger charge is -2.23. The van der Waals surface area contributed by atoms with Gasteiger partial charge in [0, 0.05) is 6.07 Å². The Morgan fingerprint density at radius 1 is 1.12 bits per heavy atom. The molecule has 0 saturated heterocycles. The summed E-state index contributed by atoms with van der Waals surface area (Å²) in [7, 11) is 3.06. The number of rotatable bonds is 5. The Labute approximate surface area is 141 Å². The average molecular weight is 336 g/mol. The zero-order valence-corrected chi connectivity index (χ0v) is 14.7. The quantitative estimate of drug-likeness (QED) is 0.863. The van der Waals surface area contributed by atoms with Gasteiger partial charge in [0.05, 0.1) is 19.9 Å². The highest BCUT2D eigenvalue weighted by Gasteiger charge is 2.52. The van der Waals surface area contributed by atoms with Gasteiger partial charge >= 0.3 is 6.09 Å². The molecule has 0 aromatic heterocycles.